The maximum atomic E-state index is 13.0. The molecule has 1 aromatic carbocycles. The van der Waals surface area contributed by atoms with Crippen molar-refractivity contribution in [2.24, 2.45) is 0 Å². The summed E-state index contributed by atoms with van der Waals surface area (Å²) >= 11 is 0. The van der Waals surface area contributed by atoms with Crippen LogP contribution in [0.25, 0.3) is 0 Å². The molecule has 0 saturated heterocycles. The number of nitrogens with one attached hydrogen (secondary N) is 1. The summed E-state index contributed by atoms with van der Waals surface area (Å²) in [7, 11) is 4.63. The number of carbonyl (C=O) groups excluding carboxylic acids is 1. The fourth-order valence-electron chi connectivity index (χ4n) is 3.43. The van der Waals surface area contributed by atoms with Crippen molar-refractivity contribution in [1.82, 2.24) is 9.88 Å². The molecule has 2 heterocycles. The minimum Gasteiger partial charge on any atom is -0.497 e. The smallest absolute Gasteiger partial charge is 0.257 e. The molecular weight excluding hydrogens is 348 g/mol. The molecule has 0 atom stereocenters. The zero-order valence-electron chi connectivity index (χ0n) is 15.8. The van der Waals surface area contributed by atoms with Gasteiger partial charge in [0.2, 0.25) is 0 Å². The molecule has 0 bridgehead atoms. The number of pyridine rings is 1. The summed E-state index contributed by atoms with van der Waals surface area (Å²) in [5.41, 5.74) is 1.83. The van der Waals surface area contributed by atoms with Gasteiger partial charge in [0.25, 0.3) is 11.5 Å². The van der Waals surface area contributed by atoms with Crippen molar-refractivity contribution in [1.29, 1.82) is 0 Å². The molecule has 7 nitrogen and oxygen atoms in total. The first-order chi connectivity index (χ1) is 13.1. The number of nitrogens with zero attached hydrogens (tertiary/aromatic N) is 1. The zero-order valence-corrected chi connectivity index (χ0v) is 15.8. The maximum Gasteiger partial charge on any atom is 0.257 e. The van der Waals surface area contributed by atoms with E-state index in [1.165, 1.54) is 13.2 Å². The normalized spacial score (nSPS) is 12.9. The van der Waals surface area contributed by atoms with Crippen LogP contribution in [-0.2, 0) is 19.5 Å². The summed E-state index contributed by atoms with van der Waals surface area (Å²) in [6.07, 6.45) is 2.55. The maximum absolute atomic E-state index is 13.0. The Morgan fingerprint density at radius 2 is 1.85 bits per heavy atom. The van der Waals surface area contributed by atoms with Gasteiger partial charge < -0.3 is 24.1 Å². The van der Waals surface area contributed by atoms with Gasteiger partial charge in [-0.1, -0.05) is 0 Å². The number of hydrogen-bond acceptors (Lipinski definition) is 5. The van der Waals surface area contributed by atoms with Crippen LogP contribution in [0.3, 0.4) is 0 Å². The molecule has 0 radical (unpaired) electrons. The van der Waals surface area contributed by atoms with E-state index in [0.29, 0.717) is 35.8 Å². The van der Waals surface area contributed by atoms with Crippen molar-refractivity contribution in [3.63, 3.8) is 0 Å². The van der Waals surface area contributed by atoms with E-state index >= 15 is 0 Å². The third kappa shape index (κ3) is 3.77. The van der Waals surface area contributed by atoms with Crippen LogP contribution in [0, 0.1) is 0 Å². The van der Waals surface area contributed by atoms with Crippen LogP contribution >= 0.6 is 0 Å². The van der Waals surface area contributed by atoms with E-state index in [4.69, 9.17) is 14.2 Å². The Bertz CT molecular complexity index is 904. The van der Waals surface area contributed by atoms with Crippen LogP contribution < -0.4 is 25.1 Å². The van der Waals surface area contributed by atoms with E-state index < -0.39 is 0 Å². The molecule has 0 unspecified atom stereocenters. The number of rotatable bonds is 6. The molecule has 1 aromatic heterocycles. The molecule has 0 fully saturated rings. The average molecular weight is 372 g/mol. The molecule has 144 valence electrons. The average Bonchev–Trinajstić information content (AvgIpc) is 2.71. The van der Waals surface area contributed by atoms with Crippen molar-refractivity contribution < 1.29 is 19.0 Å². The van der Waals surface area contributed by atoms with Crippen LogP contribution in [0.1, 0.15) is 34.5 Å². The second-order valence-corrected chi connectivity index (χ2v) is 6.34. The van der Waals surface area contributed by atoms with Gasteiger partial charge in [0.15, 0.2) is 0 Å². The number of methoxy groups -OCH3 is 3. The second-order valence-electron chi connectivity index (χ2n) is 6.34. The lowest BCUT2D eigenvalue weighted by Gasteiger charge is -2.22. The Labute approximate surface area is 157 Å². The Morgan fingerprint density at radius 1 is 1.07 bits per heavy atom. The fourth-order valence-corrected chi connectivity index (χ4v) is 3.43. The topological polar surface area (TPSA) is 78.8 Å². The van der Waals surface area contributed by atoms with Crippen molar-refractivity contribution >= 4 is 5.91 Å². The molecule has 2 aromatic rings. The summed E-state index contributed by atoms with van der Waals surface area (Å²) in [5.74, 6) is 1.38. The number of carbonyl (C=O) groups is 1. The summed E-state index contributed by atoms with van der Waals surface area (Å²) in [6, 6.07) is 6.80. The van der Waals surface area contributed by atoms with Crippen molar-refractivity contribution in [3.8, 4) is 17.2 Å². The highest BCUT2D eigenvalue weighted by Crippen LogP contribution is 2.26. The van der Waals surface area contributed by atoms with Crippen LogP contribution in [0.5, 0.6) is 17.2 Å². The van der Waals surface area contributed by atoms with Gasteiger partial charge in [-0.25, -0.2) is 0 Å². The van der Waals surface area contributed by atoms with Gasteiger partial charge in [-0.3, -0.25) is 9.59 Å². The molecule has 0 spiro atoms. The van der Waals surface area contributed by atoms with Gasteiger partial charge in [0, 0.05) is 30.4 Å². The predicted molar refractivity (Wildman–Crippen MR) is 101 cm³/mol. The third-order valence-corrected chi connectivity index (χ3v) is 4.80. The Hall–Kier alpha value is -2.96. The standard InChI is InChI=1S/C20H24N2O5/c1-25-14-7-8-16(26-2)13(10-14)12-21-20(24)19-15-6-4-5-9-22(15)18(23)11-17(19)27-3/h7-8,10-11H,4-6,9,12H2,1-3H3,(H,21,24). The van der Waals surface area contributed by atoms with Crippen molar-refractivity contribution in [2.45, 2.75) is 32.4 Å². The Morgan fingerprint density at radius 3 is 2.56 bits per heavy atom. The van der Waals surface area contributed by atoms with Crippen LogP contribution in [0.2, 0.25) is 0 Å². The van der Waals surface area contributed by atoms with Gasteiger partial charge in [0.05, 0.1) is 21.3 Å². The highest BCUT2D eigenvalue weighted by Gasteiger charge is 2.24. The van der Waals surface area contributed by atoms with Crippen molar-refractivity contribution in [2.75, 3.05) is 21.3 Å². The molecule has 1 amide bonds. The molecule has 0 aliphatic carbocycles. The predicted octanol–water partition coefficient (Wildman–Crippen LogP) is 2.14. The minimum absolute atomic E-state index is 0.132. The highest BCUT2D eigenvalue weighted by molar-refractivity contribution is 5.98. The van der Waals surface area contributed by atoms with Gasteiger partial charge in [-0.05, 0) is 37.5 Å². The number of fused-ring (bicyclic) bond motifs is 1. The summed E-state index contributed by atoms with van der Waals surface area (Å²) < 4.78 is 17.6. The van der Waals surface area contributed by atoms with Gasteiger partial charge in [-0.15, -0.1) is 0 Å². The number of ether oxygens (including phenoxy) is 3. The Kier molecular flexibility index (Phi) is 5.69. The molecule has 27 heavy (non-hydrogen) atoms. The first-order valence-electron chi connectivity index (χ1n) is 8.88. The van der Waals surface area contributed by atoms with Gasteiger partial charge in [0.1, 0.15) is 22.8 Å². The van der Waals surface area contributed by atoms with Gasteiger partial charge in [-0.2, -0.15) is 0 Å². The van der Waals surface area contributed by atoms with E-state index in [-0.39, 0.29) is 18.0 Å². The lowest BCUT2D eigenvalue weighted by Crippen LogP contribution is -2.33. The first kappa shape index (κ1) is 18.8. The quantitative estimate of drug-likeness (QED) is 0.841. The molecule has 1 N–H and O–H groups in total. The highest BCUT2D eigenvalue weighted by atomic mass is 16.5. The fraction of sp³-hybridized carbons (Fsp3) is 0.400. The Balaban J connectivity index is 1.90. The van der Waals surface area contributed by atoms with E-state index in [9.17, 15) is 9.59 Å². The number of aromatic nitrogens is 1. The lowest BCUT2D eigenvalue weighted by atomic mass is 10.0. The molecule has 7 heteroatoms. The van der Waals surface area contributed by atoms with Crippen LogP contribution in [-0.4, -0.2) is 31.8 Å². The van der Waals surface area contributed by atoms with E-state index in [1.54, 1.807) is 30.9 Å². The number of benzene rings is 1. The molecule has 1 aliphatic heterocycles. The summed E-state index contributed by atoms with van der Waals surface area (Å²) in [4.78, 5) is 25.2. The zero-order chi connectivity index (χ0) is 19.4. The number of amides is 1. The van der Waals surface area contributed by atoms with Crippen molar-refractivity contribution in [3.05, 3.63) is 51.4 Å². The monoisotopic (exact) mass is 372 g/mol. The second kappa shape index (κ2) is 8.16. The summed E-state index contributed by atoms with van der Waals surface area (Å²) in [5, 5.41) is 2.92. The summed E-state index contributed by atoms with van der Waals surface area (Å²) in [6.45, 7) is 0.892. The van der Waals surface area contributed by atoms with E-state index in [2.05, 4.69) is 5.32 Å². The van der Waals surface area contributed by atoms with Gasteiger partial charge >= 0.3 is 0 Å². The number of hydrogen-bond donors (Lipinski definition) is 1. The largest absolute Gasteiger partial charge is 0.497 e. The molecule has 1 aliphatic rings. The van der Waals surface area contributed by atoms with Crippen LogP contribution in [0.15, 0.2) is 29.1 Å². The van der Waals surface area contributed by atoms with E-state index in [1.807, 2.05) is 6.07 Å². The first-order valence-corrected chi connectivity index (χ1v) is 8.88. The lowest BCUT2D eigenvalue weighted by molar-refractivity contribution is 0.0944. The van der Waals surface area contributed by atoms with Crippen LogP contribution in [0.4, 0.5) is 0 Å². The SMILES string of the molecule is COc1ccc(OC)c(CNC(=O)c2c(OC)cc(=O)n3c2CCCC3)c1. The molecular formula is C20H24N2O5. The molecule has 3 rings (SSSR count). The minimum atomic E-state index is -0.276. The third-order valence-electron chi connectivity index (χ3n) is 4.80. The van der Waals surface area contributed by atoms with E-state index in [0.717, 1.165) is 24.1 Å². The molecule has 0 saturated carbocycles.